The van der Waals surface area contributed by atoms with E-state index >= 15 is 8.78 Å². The molecule has 9 nitrogen and oxygen atoms in total. The van der Waals surface area contributed by atoms with Crippen LogP contribution in [-0.2, 0) is 14.2 Å². The van der Waals surface area contributed by atoms with Gasteiger partial charge in [-0.15, -0.1) is 0 Å². The molecule has 1 aliphatic heterocycles. The van der Waals surface area contributed by atoms with Crippen molar-refractivity contribution in [3.05, 3.63) is 39.7 Å². The van der Waals surface area contributed by atoms with E-state index in [0.29, 0.717) is 0 Å². The van der Waals surface area contributed by atoms with Crippen LogP contribution in [0.3, 0.4) is 0 Å². The van der Waals surface area contributed by atoms with E-state index in [1.165, 1.54) is 22.8 Å². The Kier molecular flexibility index (Phi) is 6.96. The van der Waals surface area contributed by atoms with E-state index in [9.17, 15) is 14.4 Å². The van der Waals surface area contributed by atoms with Crippen molar-refractivity contribution < 1.29 is 32.6 Å². The number of benzene rings is 1. The Morgan fingerprint density at radius 3 is 2.47 bits per heavy atom. The quantitative estimate of drug-likeness (QED) is 0.598. The minimum Gasteiger partial charge on any atom is -0.462 e. The molecule has 2 heterocycles. The highest BCUT2D eigenvalue weighted by molar-refractivity contribution is 5.95. The minimum absolute atomic E-state index is 0.0612. The molecule has 0 radical (unpaired) electrons. The van der Waals surface area contributed by atoms with E-state index in [0.717, 1.165) is 18.9 Å². The van der Waals surface area contributed by atoms with Gasteiger partial charge in [0.1, 0.15) is 22.7 Å². The van der Waals surface area contributed by atoms with Crippen molar-refractivity contribution in [3.8, 4) is 0 Å². The third-order valence-corrected chi connectivity index (χ3v) is 6.21. The molecular formula is C25H31F2N3O6. The van der Waals surface area contributed by atoms with Crippen LogP contribution in [0, 0.1) is 11.6 Å². The van der Waals surface area contributed by atoms with Crippen LogP contribution >= 0.6 is 0 Å². The number of esters is 1. The van der Waals surface area contributed by atoms with Crippen LogP contribution in [0.25, 0.3) is 10.9 Å². The highest BCUT2D eigenvalue weighted by Gasteiger charge is 2.38. The maximum absolute atomic E-state index is 16.0. The number of ether oxygens (including phenoxy) is 3. The average molecular weight is 508 g/mol. The monoisotopic (exact) mass is 507 g/mol. The lowest BCUT2D eigenvalue weighted by Crippen LogP contribution is -2.45. The molecule has 2 atom stereocenters. The number of alkyl carbamates (subject to hydrolysis) is 1. The van der Waals surface area contributed by atoms with Crippen molar-refractivity contribution in [1.29, 1.82) is 0 Å². The summed E-state index contributed by atoms with van der Waals surface area (Å²) in [5, 5.41) is 2.49. The molecule has 1 saturated carbocycles. The first-order chi connectivity index (χ1) is 16.9. The highest BCUT2D eigenvalue weighted by Crippen LogP contribution is 2.40. The number of nitrogens with zero attached hydrogens (tertiary/aromatic N) is 2. The standard InChI is InChI=1S/C25H31F2N3O6/c1-6-35-23(32)15-10-30(13-7-8-13)20-14(22(15)31)9-16(26)21(19(20)27)29-11-17(18(12-29)34-5)28-24(33)36-25(2,3)4/h9-10,13,17-18H,6-8,11-12H2,1-5H3,(H,28,33)/t17-,18+/m0/s1. The zero-order chi connectivity index (χ0) is 26.4. The number of methoxy groups -OCH3 is 1. The van der Waals surface area contributed by atoms with Gasteiger partial charge in [-0.25, -0.2) is 18.4 Å². The van der Waals surface area contributed by atoms with E-state index in [4.69, 9.17) is 14.2 Å². The number of hydrogen-bond acceptors (Lipinski definition) is 7. The summed E-state index contributed by atoms with van der Waals surface area (Å²) in [6.45, 7) is 7.03. The number of aromatic nitrogens is 1. The lowest BCUT2D eigenvalue weighted by Gasteiger charge is -2.24. The average Bonchev–Trinajstić information content (AvgIpc) is 3.54. The summed E-state index contributed by atoms with van der Waals surface area (Å²) in [5.74, 6) is -2.69. The molecule has 0 spiro atoms. The SMILES string of the molecule is CCOC(=O)c1cn(C2CC2)c2c(F)c(N3C[C@H](NC(=O)OC(C)(C)C)[C@H](OC)C3)c(F)cc2c1=O. The maximum atomic E-state index is 16.0. The fraction of sp³-hybridized carbons (Fsp3) is 0.560. The first-order valence-electron chi connectivity index (χ1n) is 12.0. The molecule has 196 valence electrons. The van der Waals surface area contributed by atoms with Crippen molar-refractivity contribution in [3.63, 3.8) is 0 Å². The van der Waals surface area contributed by atoms with Crippen LogP contribution in [0.4, 0.5) is 19.3 Å². The molecule has 4 rings (SSSR count). The van der Waals surface area contributed by atoms with E-state index < -0.39 is 46.9 Å². The Labute approximate surface area is 207 Å². The minimum atomic E-state index is -0.951. The number of anilines is 1. The highest BCUT2D eigenvalue weighted by atomic mass is 19.1. The first kappa shape index (κ1) is 25.9. The molecule has 1 amide bonds. The fourth-order valence-corrected chi connectivity index (χ4v) is 4.51. The van der Waals surface area contributed by atoms with E-state index in [-0.39, 0.29) is 47.9 Å². The van der Waals surface area contributed by atoms with Crippen molar-refractivity contribution >= 4 is 28.7 Å². The Bertz CT molecular complexity index is 1250. The molecule has 0 unspecified atom stereocenters. The number of fused-ring (bicyclic) bond motifs is 1. The van der Waals surface area contributed by atoms with Gasteiger partial charge in [0.15, 0.2) is 5.82 Å². The predicted molar refractivity (Wildman–Crippen MR) is 129 cm³/mol. The number of nitrogens with one attached hydrogen (secondary N) is 1. The van der Waals surface area contributed by atoms with Gasteiger partial charge in [-0.2, -0.15) is 0 Å². The number of halogens is 2. The Balaban J connectivity index is 1.74. The van der Waals surface area contributed by atoms with Gasteiger partial charge in [0.25, 0.3) is 0 Å². The number of rotatable bonds is 6. The van der Waals surface area contributed by atoms with Crippen LogP contribution < -0.4 is 15.6 Å². The van der Waals surface area contributed by atoms with Crippen LogP contribution in [0.15, 0.2) is 17.1 Å². The van der Waals surface area contributed by atoms with Crippen LogP contribution in [-0.4, -0.2) is 61.2 Å². The van der Waals surface area contributed by atoms with E-state index in [1.54, 1.807) is 27.7 Å². The molecule has 1 aromatic heterocycles. The summed E-state index contributed by atoms with van der Waals surface area (Å²) in [6, 6.07) is 0.269. The molecule has 1 aromatic carbocycles. The van der Waals surface area contributed by atoms with Gasteiger partial charge in [-0.05, 0) is 46.6 Å². The number of pyridine rings is 1. The molecule has 2 fully saturated rings. The number of carbonyl (C=O) groups is 2. The molecule has 1 N–H and O–H groups in total. The lowest BCUT2D eigenvalue weighted by molar-refractivity contribution is 0.0416. The summed E-state index contributed by atoms with van der Waals surface area (Å²) in [7, 11) is 1.45. The third kappa shape index (κ3) is 5.02. The molecule has 1 saturated heterocycles. The molecule has 1 aliphatic carbocycles. The van der Waals surface area contributed by atoms with Gasteiger partial charge in [-0.1, -0.05) is 0 Å². The summed E-state index contributed by atoms with van der Waals surface area (Å²) >= 11 is 0. The van der Waals surface area contributed by atoms with E-state index in [1.807, 2.05) is 0 Å². The molecule has 0 bridgehead atoms. The third-order valence-electron chi connectivity index (χ3n) is 6.21. The topological polar surface area (TPSA) is 99.1 Å². The van der Waals surface area contributed by atoms with Gasteiger partial charge in [-0.3, -0.25) is 4.79 Å². The summed E-state index contributed by atoms with van der Waals surface area (Å²) in [5.41, 5.74) is -2.15. The zero-order valence-corrected chi connectivity index (χ0v) is 21.0. The van der Waals surface area contributed by atoms with Gasteiger partial charge in [0.05, 0.1) is 29.7 Å². The first-order valence-corrected chi connectivity index (χ1v) is 12.0. The number of carbonyl (C=O) groups excluding carboxylic acids is 2. The second-order valence-corrected chi connectivity index (χ2v) is 10.1. The normalized spacial score (nSPS) is 20.0. The molecule has 36 heavy (non-hydrogen) atoms. The molecular weight excluding hydrogens is 476 g/mol. The molecule has 2 aromatic rings. The maximum Gasteiger partial charge on any atom is 0.408 e. The van der Waals surface area contributed by atoms with Crippen molar-refractivity contribution in [2.45, 2.75) is 64.3 Å². The zero-order valence-electron chi connectivity index (χ0n) is 21.0. The lowest BCUT2D eigenvalue weighted by atomic mass is 10.1. The van der Waals surface area contributed by atoms with E-state index in [2.05, 4.69) is 5.32 Å². The largest absolute Gasteiger partial charge is 0.462 e. The summed E-state index contributed by atoms with van der Waals surface area (Å²) < 4.78 is 48.7. The molecule has 2 aliphatic rings. The van der Waals surface area contributed by atoms with Crippen molar-refractivity contribution in [2.24, 2.45) is 0 Å². The van der Waals surface area contributed by atoms with Crippen LogP contribution in [0.1, 0.15) is 56.9 Å². The second-order valence-electron chi connectivity index (χ2n) is 10.1. The summed E-state index contributed by atoms with van der Waals surface area (Å²) in [4.78, 5) is 39.1. The summed E-state index contributed by atoms with van der Waals surface area (Å²) in [6.07, 6.45) is 1.57. The van der Waals surface area contributed by atoms with Crippen LogP contribution in [0.5, 0.6) is 0 Å². The predicted octanol–water partition coefficient (Wildman–Crippen LogP) is 3.52. The van der Waals surface area contributed by atoms with Gasteiger partial charge >= 0.3 is 12.1 Å². The number of amides is 1. The van der Waals surface area contributed by atoms with Crippen LogP contribution in [0.2, 0.25) is 0 Å². The van der Waals surface area contributed by atoms with Gasteiger partial charge in [0, 0.05) is 32.4 Å². The fourth-order valence-electron chi connectivity index (χ4n) is 4.51. The van der Waals surface area contributed by atoms with Crippen molar-refractivity contribution in [2.75, 3.05) is 31.7 Å². The molecule has 11 heteroatoms. The van der Waals surface area contributed by atoms with Crippen molar-refractivity contribution in [1.82, 2.24) is 9.88 Å². The smallest absolute Gasteiger partial charge is 0.408 e. The van der Waals surface area contributed by atoms with Gasteiger partial charge in [0.2, 0.25) is 5.43 Å². The number of hydrogen-bond donors (Lipinski definition) is 1. The second kappa shape index (κ2) is 9.68. The Hall–Kier alpha value is -3.21. The Morgan fingerprint density at radius 1 is 1.19 bits per heavy atom. The Morgan fingerprint density at radius 2 is 1.89 bits per heavy atom. The van der Waals surface area contributed by atoms with Gasteiger partial charge < -0.3 is 29.0 Å².